The van der Waals surface area contributed by atoms with Gasteiger partial charge in [-0.25, -0.2) is 0 Å². The quantitative estimate of drug-likeness (QED) is 0.829. The van der Waals surface area contributed by atoms with Crippen molar-refractivity contribution in [3.8, 4) is 0 Å². The Bertz CT molecular complexity index is 551. The van der Waals surface area contributed by atoms with Crippen molar-refractivity contribution in [3.05, 3.63) is 46.3 Å². The highest BCUT2D eigenvalue weighted by Crippen LogP contribution is 2.33. The van der Waals surface area contributed by atoms with Gasteiger partial charge in [-0.2, -0.15) is 0 Å². The van der Waals surface area contributed by atoms with Crippen LogP contribution in [0.2, 0.25) is 0 Å². The van der Waals surface area contributed by atoms with Gasteiger partial charge in [0, 0.05) is 22.0 Å². The van der Waals surface area contributed by atoms with Crippen molar-refractivity contribution in [1.29, 1.82) is 0 Å². The summed E-state index contributed by atoms with van der Waals surface area (Å²) in [6, 6.07) is 8.97. The average molecular weight is 340 g/mol. The van der Waals surface area contributed by atoms with Gasteiger partial charge in [0.1, 0.15) is 5.76 Å². The summed E-state index contributed by atoms with van der Waals surface area (Å²) >= 11 is 5.37. The van der Waals surface area contributed by atoms with E-state index in [2.05, 4.69) is 53.3 Å². The largest absolute Gasteiger partial charge is 0.468 e. The van der Waals surface area contributed by atoms with E-state index in [0.717, 1.165) is 16.8 Å². The minimum atomic E-state index is 0.495. The van der Waals surface area contributed by atoms with Gasteiger partial charge in [-0.3, -0.25) is 0 Å². The number of aryl methyl sites for hydroxylation is 1. The molecular formula is C15H18BrNOS. The predicted molar refractivity (Wildman–Crippen MR) is 83.7 cm³/mol. The first-order valence-corrected chi connectivity index (χ1v) is 7.91. The highest BCUT2D eigenvalue weighted by atomic mass is 79.9. The molecule has 0 aliphatic heterocycles. The van der Waals surface area contributed by atoms with E-state index in [1.807, 2.05) is 13.0 Å². The standard InChI is InChI=1S/C15H18BrNOS/c1-10(2)17-9-12-4-5-13(8-14(12)16)19-15-6-7-18-11(15)3/h4-8,10,17H,9H2,1-3H3. The molecule has 0 bridgehead atoms. The first-order chi connectivity index (χ1) is 9.06. The minimum Gasteiger partial charge on any atom is -0.468 e. The molecule has 0 aliphatic carbocycles. The molecule has 0 fully saturated rings. The number of hydrogen-bond donors (Lipinski definition) is 1. The summed E-state index contributed by atoms with van der Waals surface area (Å²) in [7, 11) is 0. The monoisotopic (exact) mass is 339 g/mol. The molecule has 1 N–H and O–H groups in total. The van der Waals surface area contributed by atoms with Crippen molar-refractivity contribution in [2.75, 3.05) is 0 Å². The molecular weight excluding hydrogens is 322 g/mol. The van der Waals surface area contributed by atoms with Crippen LogP contribution in [0.4, 0.5) is 0 Å². The Kier molecular flexibility index (Phi) is 5.13. The van der Waals surface area contributed by atoms with Crippen molar-refractivity contribution >= 4 is 27.7 Å². The van der Waals surface area contributed by atoms with Crippen LogP contribution in [0.25, 0.3) is 0 Å². The Balaban J connectivity index is 2.08. The lowest BCUT2D eigenvalue weighted by Gasteiger charge is -2.10. The van der Waals surface area contributed by atoms with Crippen molar-refractivity contribution < 1.29 is 4.42 Å². The molecule has 0 spiro atoms. The summed E-state index contributed by atoms with van der Waals surface area (Å²) in [4.78, 5) is 2.38. The second-order valence-electron chi connectivity index (χ2n) is 4.73. The summed E-state index contributed by atoms with van der Waals surface area (Å²) < 4.78 is 6.46. The van der Waals surface area contributed by atoms with Crippen LogP contribution >= 0.6 is 27.7 Å². The number of rotatable bonds is 5. The second kappa shape index (κ2) is 6.64. The van der Waals surface area contributed by atoms with Crippen LogP contribution in [-0.4, -0.2) is 6.04 Å². The van der Waals surface area contributed by atoms with Gasteiger partial charge in [0.15, 0.2) is 0 Å². The normalized spacial score (nSPS) is 11.2. The van der Waals surface area contributed by atoms with E-state index in [9.17, 15) is 0 Å². The zero-order valence-corrected chi connectivity index (χ0v) is 13.8. The first kappa shape index (κ1) is 14.7. The van der Waals surface area contributed by atoms with Gasteiger partial charge in [-0.05, 0) is 30.7 Å². The van der Waals surface area contributed by atoms with Gasteiger partial charge in [0.05, 0.1) is 11.2 Å². The number of furan rings is 1. The fraction of sp³-hybridized carbons (Fsp3) is 0.333. The van der Waals surface area contributed by atoms with E-state index in [0.29, 0.717) is 6.04 Å². The summed E-state index contributed by atoms with van der Waals surface area (Å²) in [6.07, 6.45) is 1.73. The highest BCUT2D eigenvalue weighted by molar-refractivity contribution is 9.10. The van der Waals surface area contributed by atoms with Crippen LogP contribution in [0, 0.1) is 6.92 Å². The molecule has 0 saturated carbocycles. The molecule has 102 valence electrons. The molecule has 0 amide bonds. The maximum absolute atomic E-state index is 5.31. The van der Waals surface area contributed by atoms with Gasteiger partial charge in [-0.1, -0.05) is 47.6 Å². The van der Waals surface area contributed by atoms with Crippen molar-refractivity contribution in [2.45, 2.75) is 43.1 Å². The summed E-state index contributed by atoms with van der Waals surface area (Å²) in [5, 5.41) is 3.42. The second-order valence-corrected chi connectivity index (χ2v) is 6.70. The summed E-state index contributed by atoms with van der Waals surface area (Å²) in [5.74, 6) is 0.965. The van der Waals surface area contributed by atoms with Gasteiger partial charge in [0.2, 0.25) is 0 Å². The number of benzene rings is 1. The SMILES string of the molecule is Cc1occc1Sc1ccc(CNC(C)C)c(Br)c1. The van der Waals surface area contributed by atoms with E-state index in [1.54, 1.807) is 18.0 Å². The Hall–Kier alpha value is -0.710. The lowest BCUT2D eigenvalue weighted by Crippen LogP contribution is -2.21. The van der Waals surface area contributed by atoms with Crippen LogP contribution in [0.1, 0.15) is 25.2 Å². The third-order valence-corrected chi connectivity index (χ3v) is 4.64. The van der Waals surface area contributed by atoms with Crippen molar-refractivity contribution in [1.82, 2.24) is 5.32 Å². The molecule has 1 aromatic carbocycles. The molecule has 4 heteroatoms. The molecule has 0 unspecified atom stereocenters. The predicted octanol–water partition coefficient (Wildman–Crippen LogP) is 5.00. The van der Waals surface area contributed by atoms with Crippen LogP contribution in [-0.2, 0) is 6.54 Å². The average Bonchev–Trinajstić information content (AvgIpc) is 2.74. The molecule has 0 saturated heterocycles. The fourth-order valence-corrected chi connectivity index (χ4v) is 3.21. The zero-order valence-electron chi connectivity index (χ0n) is 11.4. The third-order valence-electron chi connectivity index (χ3n) is 2.76. The van der Waals surface area contributed by atoms with E-state index in [-0.39, 0.29) is 0 Å². The Morgan fingerprint density at radius 2 is 2.11 bits per heavy atom. The van der Waals surface area contributed by atoms with E-state index in [4.69, 9.17) is 4.42 Å². The molecule has 1 heterocycles. The van der Waals surface area contributed by atoms with Gasteiger partial charge < -0.3 is 9.73 Å². The van der Waals surface area contributed by atoms with E-state index >= 15 is 0 Å². The lowest BCUT2D eigenvalue weighted by atomic mass is 10.2. The van der Waals surface area contributed by atoms with Crippen LogP contribution in [0.3, 0.4) is 0 Å². The molecule has 2 aromatic rings. The van der Waals surface area contributed by atoms with E-state index < -0.39 is 0 Å². The molecule has 1 aromatic heterocycles. The zero-order chi connectivity index (χ0) is 13.8. The van der Waals surface area contributed by atoms with Crippen LogP contribution < -0.4 is 5.32 Å². The number of nitrogens with one attached hydrogen (secondary N) is 1. The molecule has 0 atom stereocenters. The maximum Gasteiger partial charge on any atom is 0.114 e. The smallest absolute Gasteiger partial charge is 0.114 e. The first-order valence-electron chi connectivity index (χ1n) is 6.30. The van der Waals surface area contributed by atoms with Crippen molar-refractivity contribution in [3.63, 3.8) is 0 Å². The van der Waals surface area contributed by atoms with Gasteiger partial charge >= 0.3 is 0 Å². The van der Waals surface area contributed by atoms with Gasteiger partial charge in [0.25, 0.3) is 0 Å². The molecule has 19 heavy (non-hydrogen) atoms. The maximum atomic E-state index is 5.31. The lowest BCUT2D eigenvalue weighted by molar-refractivity contribution is 0.527. The summed E-state index contributed by atoms with van der Waals surface area (Å²) in [5.41, 5.74) is 1.28. The van der Waals surface area contributed by atoms with Crippen LogP contribution in [0.5, 0.6) is 0 Å². The molecule has 0 radical (unpaired) electrons. The third kappa shape index (κ3) is 4.13. The Labute approximate surface area is 127 Å². The van der Waals surface area contributed by atoms with E-state index in [1.165, 1.54) is 15.4 Å². The molecule has 2 nitrogen and oxygen atoms in total. The minimum absolute atomic E-state index is 0.495. The number of hydrogen-bond acceptors (Lipinski definition) is 3. The van der Waals surface area contributed by atoms with Crippen LogP contribution in [0.15, 0.2) is 49.2 Å². The van der Waals surface area contributed by atoms with Crippen molar-refractivity contribution in [2.24, 2.45) is 0 Å². The fourth-order valence-electron chi connectivity index (χ4n) is 1.66. The highest BCUT2D eigenvalue weighted by Gasteiger charge is 2.06. The Morgan fingerprint density at radius 3 is 2.68 bits per heavy atom. The van der Waals surface area contributed by atoms with Gasteiger partial charge in [-0.15, -0.1) is 0 Å². The Morgan fingerprint density at radius 1 is 1.32 bits per heavy atom. The number of halogens is 1. The summed E-state index contributed by atoms with van der Waals surface area (Å²) in [6.45, 7) is 7.17. The molecule has 2 rings (SSSR count). The topological polar surface area (TPSA) is 25.2 Å². The molecule has 0 aliphatic rings.